The van der Waals surface area contributed by atoms with Crippen LogP contribution in [0.1, 0.15) is 66.4 Å². The molecule has 0 atom stereocenters. The van der Waals surface area contributed by atoms with Gasteiger partial charge in [0.05, 0.1) is 0 Å². The SMILES string of the molecule is CC.CCNC(C)(C)CCC/C=C/c1cccc(C)c1.[HH]. The Balaban J connectivity index is 0. The molecule has 1 rings (SSSR count). The molecule has 0 aliphatic rings. The average molecular weight is 277 g/mol. The molecule has 0 amide bonds. The predicted octanol–water partition coefficient (Wildman–Crippen LogP) is 5.84. The van der Waals surface area contributed by atoms with Gasteiger partial charge in [-0.25, -0.2) is 0 Å². The highest BCUT2D eigenvalue weighted by Crippen LogP contribution is 2.13. The summed E-state index contributed by atoms with van der Waals surface area (Å²) in [6.45, 7) is 13.9. The lowest BCUT2D eigenvalue weighted by Crippen LogP contribution is -2.38. The molecule has 1 aromatic carbocycles. The summed E-state index contributed by atoms with van der Waals surface area (Å²) in [5.74, 6) is 0. The van der Waals surface area contributed by atoms with Gasteiger partial charge in [0.25, 0.3) is 0 Å². The van der Waals surface area contributed by atoms with Gasteiger partial charge in [-0.15, -0.1) is 0 Å². The Labute approximate surface area is 128 Å². The third kappa shape index (κ3) is 8.92. The van der Waals surface area contributed by atoms with E-state index in [1.165, 1.54) is 24.0 Å². The molecule has 0 radical (unpaired) electrons. The summed E-state index contributed by atoms with van der Waals surface area (Å²) in [7, 11) is 0. The van der Waals surface area contributed by atoms with Crippen LogP contribution in [0.15, 0.2) is 30.3 Å². The van der Waals surface area contributed by atoms with E-state index in [4.69, 9.17) is 0 Å². The van der Waals surface area contributed by atoms with Crippen LogP contribution in [0, 0.1) is 6.92 Å². The van der Waals surface area contributed by atoms with Gasteiger partial charge in [-0.1, -0.05) is 62.8 Å². The number of benzene rings is 1. The minimum Gasteiger partial charge on any atom is -0.312 e. The van der Waals surface area contributed by atoms with E-state index in [0.717, 1.165) is 13.0 Å². The van der Waals surface area contributed by atoms with Crippen LogP contribution in [0.2, 0.25) is 0 Å². The van der Waals surface area contributed by atoms with E-state index in [-0.39, 0.29) is 6.97 Å². The first-order valence-electron chi connectivity index (χ1n) is 8.02. The molecule has 0 bridgehead atoms. The second-order valence-corrected chi connectivity index (χ2v) is 5.62. The number of allylic oxidation sites excluding steroid dienone is 1. The van der Waals surface area contributed by atoms with Crippen molar-refractivity contribution in [3.63, 3.8) is 0 Å². The molecule has 20 heavy (non-hydrogen) atoms. The van der Waals surface area contributed by atoms with Crippen molar-refractivity contribution in [3.8, 4) is 0 Å². The van der Waals surface area contributed by atoms with Gasteiger partial charge in [-0.3, -0.25) is 0 Å². The maximum absolute atomic E-state index is 3.51. The molecule has 0 fully saturated rings. The van der Waals surface area contributed by atoms with Crippen LogP contribution in [-0.4, -0.2) is 12.1 Å². The van der Waals surface area contributed by atoms with Crippen molar-refractivity contribution in [3.05, 3.63) is 41.5 Å². The van der Waals surface area contributed by atoms with Crippen molar-refractivity contribution >= 4 is 6.08 Å². The molecule has 0 aromatic heterocycles. The fraction of sp³-hybridized carbons (Fsp3) is 0.579. The maximum Gasteiger partial charge on any atom is 0.0125 e. The molecule has 1 N–H and O–H groups in total. The van der Waals surface area contributed by atoms with Crippen LogP contribution < -0.4 is 5.32 Å². The van der Waals surface area contributed by atoms with Crippen LogP contribution in [0.4, 0.5) is 0 Å². The lowest BCUT2D eigenvalue weighted by atomic mass is 9.97. The van der Waals surface area contributed by atoms with Crippen molar-refractivity contribution in [2.75, 3.05) is 6.54 Å². The summed E-state index contributed by atoms with van der Waals surface area (Å²) in [5, 5.41) is 3.51. The molecule has 0 aliphatic heterocycles. The molecule has 0 heterocycles. The quantitative estimate of drug-likeness (QED) is 0.617. The number of nitrogens with one attached hydrogen (secondary N) is 1. The van der Waals surface area contributed by atoms with Gasteiger partial charge in [0, 0.05) is 6.97 Å². The van der Waals surface area contributed by atoms with Crippen molar-refractivity contribution in [1.82, 2.24) is 5.32 Å². The summed E-state index contributed by atoms with van der Waals surface area (Å²) < 4.78 is 0. The summed E-state index contributed by atoms with van der Waals surface area (Å²) in [4.78, 5) is 0. The standard InChI is InChI=1S/C17H27N.C2H6.H2/c1-5-18-17(3,4)13-8-6-7-11-16-12-9-10-15(2)14-16;1-2;/h7,9-12,14,18H,5-6,8,13H2,1-4H3;1-2H3;1H/b11-7+;;. The lowest BCUT2D eigenvalue weighted by Gasteiger charge is -2.25. The van der Waals surface area contributed by atoms with Gasteiger partial charge < -0.3 is 5.32 Å². The predicted molar refractivity (Wildman–Crippen MR) is 95.3 cm³/mol. The van der Waals surface area contributed by atoms with Crippen LogP contribution in [0.3, 0.4) is 0 Å². The summed E-state index contributed by atoms with van der Waals surface area (Å²) in [5.41, 5.74) is 2.90. The van der Waals surface area contributed by atoms with Crippen molar-refractivity contribution in [1.29, 1.82) is 0 Å². The van der Waals surface area contributed by atoms with Crippen LogP contribution in [-0.2, 0) is 0 Å². The van der Waals surface area contributed by atoms with E-state index in [2.05, 4.69) is 69.4 Å². The number of unbranched alkanes of at least 4 members (excludes halogenated alkanes) is 1. The molecule has 1 nitrogen and oxygen atoms in total. The van der Waals surface area contributed by atoms with E-state index >= 15 is 0 Å². The summed E-state index contributed by atoms with van der Waals surface area (Å²) in [6, 6.07) is 8.63. The number of aryl methyl sites for hydroxylation is 1. The van der Waals surface area contributed by atoms with Crippen molar-refractivity contribution in [2.24, 2.45) is 0 Å². The fourth-order valence-corrected chi connectivity index (χ4v) is 2.22. The molecule has 0 spiro atoms. The van der Waals surface area contributed by atoms with E-state index in [0.29, 0.717) is 0 Å². The van der Waals surface area contributed by atoms with Crippen LogP contribution >= 0.6 is 0 Å². The largest absolute Gasteiger partial charge is 0.312 e. The second-order valence-electron chi connectivity index (χ2n) is 5.62. The van der Waals surface area contributed by atoms with Crippen molar-refractivity contribution < 1.29 is 1.43 Å². The normalized spacial score (nSPS) is 11.3. The third-order valence-corrected chi connectivity index (χ3v) is 3.18. The van der Waals surface area contributed by atoms with Crippen LogP contribution in [0.25, 0.3) is 6.08 Å². The molecular formula is C19H35N. The zero-order chi connectivity index (χ0) is 15.4. The van der Waals surface area contributed by atoms with Gasteiger partial charge >= 0.3 is 0 Å². The average Bonchev–Trinajstić information content (AvgIpc) is 2.40. The first-order chi connectivity index (χ1) is 9.53. The zero-order valence-corrected chi connectivity index (χ0v) is 14.3. The first-order valence-corrected chi connectivity index (χ1v) is 8.02. The van der Waals surface area contributed by atoms with Gasteiger partial charge in [0.1, 0.15) is 0 Å². The topological polar surface area (TPSA) is 12.0 Å². The molecular weight excluding hydrogens is 242 g/mol. The van der Waals surface area contributed by atoms with Gasteiger partial charge in [-0.05, 0) is 52.1 Å². The Hall–Kier alpha value is -1.08. The minimum absolute atomic E-state index is 0. The summed E-state index contributed by atoms with van der Waals surface area (Å²) in [6.07, 6.45) is 8.13. The molecule has 0 saturated heterocycles. The Morgan fingerprint density at radius 1 is 1.25 bits per heavy atom. The second kappa shape index (κ2) is 10.7. The van der Waals surface area contributed by atoms with E-state index in [1.54, 1.807) is 0 Å². The van der Waals surface area contributed by atoms with Gasteiger partial charge in [0.15, 0.2) is 0 Å². The van der Waals surface area contributed by atoms with Gasteiger partial charge in [0.2, 0.25) is 0 Å². The highest BCUT2D eigenvalue weighted by Gasteiger charge is 2.13. The first kappa shape index (κ1) is 18.9. The highest BCUT2D eigenvalue weighted by atomic mass is 14.9. The van der Waals surface area contributed by atoms with Crippen molar-refractivity contribution in [2.45, 2.75) is 66.3 Å². The molecule has 0 aliphatic carbocycles. The van der Waals surface area contributed by atoms with E-state index in [1.807, 2.05) is 13.8 Å². The number of hydrogen-bond acceptors (Lipinski definition) is 1. The smallest absolute Gasteiger partial charge is 0.0125 e. The molecule has 1 aromatic rings. The maximum atomic E-state index is 3.51. The molecule has 0 saturated carbocycles. The Kier molecular flexibility index (Phi) is 10.1. The Morgan fingerprint density at radius 2 is 1.95 bits per heavy atom. The lowest BCUT2D eigenvalue weighted by molar-refractivity contribution is 0.363. The zero-order valence-electron chi connectivity index (χ0n) is 14.3. The molecule has 0 unspecified atom stereocenters. The fourth-order valence-electron chi connectivity index (χ4n) is 2.22. The van der Waals surface area contributed by atoms with Crippen LogP contribution in [0.5, 0.6) is 0 Å². The minimum atomic E-state index is 0. The summed E-state index contributed by atoms with van der Waals surface area (Å²) >= 11 is 0. The third-order valence-electron chi connectivity index (χ3n) is 3.18. The monoisotopic (exact) mass is 277 g/mol. The molecule has 1 heteroatoms. The molecule has 116 valence electrons. The number of hydrogen-bond donors (Lipinski definition) is 1. The number of rotatable bonds is 7. The van der Waals surface area contributed by atoms with E-state index < -0.39 is 0 Å². The van der Waals surface area contributed by atoms with Gasteiger partial charge in [-0.2, -0.15) is 0 Å². The highest BCUT2D eigenvalue weighted by molar-refractivity contribution is 5.49. The van der Waals surface area contributed by atoms with E-state index in [9.17, 15) is 0 Å². The Morgan fingerprint density at radius 3 is 2.55 bits per heavy atom. The Bertz CT molecular complexity index is 383.